The summed E-state index contributed by atoms with van der Waals surface area (Å²) in [6.07, 6.45) is 4.40. The average Bonchev–Trinajstić information content (AvgIpc) is 2.87. The summed E-state index contributed by atoms with van der Waals surface area (Å²) in [5, 5.41) is 11.5. The molecule has 2 aliphatic rings. The standard InChI is InChI=1S/C18H26FNO2/c1-20(2)11-15-13-5-4-12(8-13)10-18(15,21)14-6-7-16(19)17(9-14)22-3/h6-7,9,12-13,15,21H,4-5,8,10-11H2,1-3H3. The van der Waals surface area contributed by atoms with Crippen LogP contribution in [0.4, 0.5) is 4.39 Å². The zero-order chi connectivity index (χ0) is 15.9. The first kappa shape index (κ1) is 15.8. The molecule has 0 radical (unpaired) electrons. The predicted molar refractivity (Wildman–Crippen MR) is 84.3 cm³/mol. The van der Waals surface area contributed by atoms with Crippen LogP contribution >= 0.6 is 0 Å². The van der Waals surface area contributed by atoms with Crippen molar-refractivity contribution in [3.8, 4) is 5.75 Å². The maximum Gasteiger partial charge on any atom is 0.165 e. The van der Waals surface area contributed by atoms with E-state index in [1.165, 1.54) is 32.4 Å². The van der Waals surface area contributed by atoms with E-state index in [4.69, 9.17) is 4.74 Å². The van der Waals surface area contributed by atoms with E-state index in [9.17, 15) is 9.50 Å². The van der Waals surface area contributed by atoms with Gasteiger partial charge in [0.1, 0.15) is 0 Å². The topological polar surface area (TPSA) is 32.7 Å². The summed E-state index contributed by atoms with van der Waals surface area (Å²) < 4.78 is 18.8. The van der Waals surface area contributed by atoms with Gasteiger partial charge in [0.2, 0.25) is 0 Å². The molecule has 2 bridgehead atoms. The molecule has 0 saturated heterocycles. The Kier molecular flexibility index (Phi) is 4.17. The molecule has 0 heterocycles. The van der Waals surface area contributed by atoms with Crippen LogP contribution in [0.1, 0.15) is 31.2 Å². The first-order chi connectivity index (χ1) is 10.4. The molecule has 2 saturated carbocycles. The van der Waals surface area contributed by atoms with E-state index in [0.29, 0.717) is 11.8 Å². The molecular weight excluding hydrogens is 281 g/mol. The number of rotatable bonds is 4. The molecule has 2 fully saturated rings. The summed E-state index contributed by atoms with van der Waals surface area (Å²) in [5.41, 5.74) is -0.0794. The predicted octanol–water partition coefficient (Wildman–Crippen LogP) is 3.02. The van der Waals surface area contributed by atoms with Gasteiger partial charge in [0.25, 0.3) is 0 Å². The largest absolute Gasteiger partial charge is 0.494 e. The van der Waals surface area contributed by atoms with E-state index in [2.05, 4.69) is 4.90 Å². The second-order valence-corrected chi connectivity index (χ2v) is 7.29. The maximum absolute atomic E-state index is 13.7. The van der Waals surface area contributed by atoms with Crippen molar-refractivity contribution in [2.24, 2.45) is 17.8 Å². The van der Waals surface area contributed by atoms with Crippen molar-refractivity contribution in [2.75, 3.05) is 27.7 Å². The number of nitrogens with zero attached hydrogens (tertiary/aromatic N) is 1. The van der Waals surface area contributed by atoms with E-state index in [0.717, 1.165) is 18.5 Å². The normalized spacial score (nSPS) is 34.2. The summed E-state index contributed by atoms with van der Waals surface area (Å²) in [7, 11) is 5.56. The third-order valence-corrected chi connectivity index (χ3v) is 5.58. The van der Waals surface area contributed by atoms with Crippen molar-refractivity contribution in [1.82, 2.24) is 4.90 Å². The van der Waals surface area contributed by atoms with Crippen molar-refractivity contribution in [3.05, 3.63) is 29.6 Å². The maximum atomic E-state index is 13.7. The second kappa shape index (κ2) is 5.82. The summed E-state index contributed by atoms with van der Waals surface area (Å²) in [5.74, 6) is 1.17. The van der Waals surface area contributed by atoms with Crippen LogP contribution in [0.25, 0.3) is 0 Å². The molecule has 3 nitrogen and oxygen atoms in total. The molecule has 1 N–H and O–H groups in total. The Bertz CT molecular complexity index is 548. The zero-order valence-electron chi connectivity index (χ0n) is 13.7. The van der Waals surface area contributed by atoms with Crippen LogP contribution in [-0.2, 0) is 5.60 Å². The SMILES string of the molecule is COc1cc(C2(O)CC3CCC(C3)C2CN(C)C)ccc1F. The number of hydrogen-bond donors (Lipinski definition) is 1. The molecule has 22 heavy (non-hydrogen) atoms. The molecule has 0 aromatic heterocycles. The van der Waals surface area contributed by atoms with Crippen molar-refractivity contribution in [3.63, 3.8) is 0 Å². The van der Waals surface area contributed by atoms with Gasteiger partial charge < -0.3 is 14.7 Å². The van der Waals surface area contributed by atoms with Gasteiger partial charge >= 0.3 is 0 Å². The highest BCUT2D eigenvalue weighted by Crippen LogP contribution is 2.54. The van der Waals surface area contributed by atoms with Crippen molar-refractivity contribution in [2.45, 2.75) is 31.3 Å². The highest BCUT2D eigenvalue weighted by molar-refractivity contribution is 5.35. The Morgan fingerprint density at radius 2 is 2.14 bits per heavy atom. The van der Waals surface area contributed by atoms with Gasteiger partial charge in [-0.15, -0.1) is 0 Å². The van der Waals surface area contributed by atoms with E-state index < -0.39 is 5.60 Å². The monoisotopic (exact) mass is 307 g/mol. The highest BCUT2D eigenvalue weighted by Gasteiger charge is 2.51. The Labute approximate surface area is 132 Å². The van der Waals surface area contributed by atoms with Crippen LogP contribution in [0.5, 0.6) is 5.75 Å². The molecule has 3 rings (SSSR count). The van der Waals surface area contributed by atoms with Gasteiger partial charge in [0.15, 0.2) is 11.6 Å². The summed E-state index contributed by atoms with van der Waals surface area (Å²) >= 11 is 0. The Morgan fingerprint density at radius 1 is 1.36 bits per heavy atom. The fraction of sp³-hybridized carbons (Fsp3) is 0.667. The Hall–Kier alpha value is -1.13. The molecule has 0 amide bonds. The fourth-order valence-electron chi connectivity index (χ4n) is 4.60. The summed E-state index contributed by atoms with van der Waals surface area (Å²) in [6, 6.07) is 4.82. The lowest BCUT2D eigenvalue weighted by atomic mass is 9.66. The molecule has 0 spiro atoms. The van der Waals surface area contributed by atoms with Crippen LogP contribution in [0.3, 0.4) is 0 Å². The molecule has 122 valence electrons. The second-order valence-electron chi connectivity index (χ2n) is 7.29. The first-order valence-electron chi connectivity index (χ1n) is 8.15. The van der Waals surface area contributed by atoms with Crippen molar-refractivity contribution >= 4 is 0 Å². The number of fused-ring (bicyclic) bond motifs is 2. The van der Waals surface area contributed by atoms with Crippen LogP contribution in [0.15, 0.2) is 18.2 Å². The van der Waals surface area contributed by atoms with E-state index in [1.54, 1.807) is 12.1 Å². The summed E-state index contributed by atoms with van der Waals surface area (Å²) in [4.78, 5) is 2.15. The smallest absolute Gasteiger partial charge is 0.165 e. The molecule has 1 aromatic rings. The molecule has 0 aliphatic heterocycles. The highest BCUT2D eigenvalue weighted by atomic mass is 19.1. The zero-order valence-corrected chi connectivity index (χ0v) is 13.7. The minimum atomic E-state index is -0.880. The van der Waals surface area contributed by atoms with Gasteiger partial charge in [-0.25, -0.2) is 4.39 Å². The molecule has 4 unspecified atom stereocenters. The van der Waals surface area contributed by atoms with E-state index >= 15 is 0 Å². The van der Waals surface area contributed by atoms with Crippen LogP contribution in [0, 0.1) is 23.6 Å². The van der Waals surface area contributed by atoms with Gasteiger partial charge in [0, 0.05) is 12.5 Å². The van der Waals surface area contributed by atoms with Gasteiger partial charge in [-0.1, -0.05) is 12.5 Å². The summed E-state index contributed by atoms with van der Waals surface area (Å²) in [6.45, 7) is 0.855. The molecule has 4 atom stereocenters. The Balaban J connectivity index is 2.00. The van der Waals surface area contributed by atoms with E-state index in [1.807, 2.05) is 14.1 Å². The lowest BCUT2D eigenvalue weighted by Gasteiger charge is -2.45. The average molecular weight is 307 g/mol. The van der Waals surface area contributed by atoms with Crippen LogP contribution < -0.4 is 4.74 Å². The fourth-order valence-corrected chi connectivity index (χ4v) is 4.60. The van der Waals surface area contributed by atoms with Gasteiger partial charge in [0.05, 0.1) is 12.7 Å². The van der Waals surface area contributed by atoms with Gasteiger partial charge in [-0.3, -0.25) is 0 Å². The Morgan fingerprint density at radius 3 is 2.82 bits per heavy atom. The quantitative estimate of drug-likeness (QED) is 0.928. The molecule has 4 heteroatoms. The number of benzene rings is 1. The molecular formula is C18H26FNO2. The molecule has 1 aromatic carbocycles. The number of aliphatic hydroxyl groups is 1. The number of halogens is 1. The number of methoxy groups -OCH3 is 1. The number of hydrogen-bond acceptors (Lipinski definition) is 3. The van der Waals surface area contributed by atoms with Gasteiger partial charge in [-0.2, -0.15) is 0 Å². The van der Waals surface area contributed by atoms with E-state index in [-0.39, 0.29) is 17.5 Å². The number of ether oxygens (including phenoxy) is 1. The van der Waals surface area contributed by atoms with Crippen LogP contribution in [0.2, 0.25) is 0 Å². The minimum Gasteiger partial charge on any atom is -0.494 e. The molecule has 2 aliphatic carbocycles. The third-order valence-electron chi connectivity index (χ3n) is 5.58. The van der Waals surface area contributed by atoms with Crippen LogP contribution in [-0.4, -0.2) is 37.8 Å². The van der Waals surface area contributed by atoms with Crippen molar-refractivity contribution < 1.29 is 14.2 Å². The lowest BCUT2D eigenvalue weighted by Crippen LogP contribution is -2.47. The van der Waals surface area contributed by atoms with Gasteiger partial charge in [-0.05, 0) is 62.9 Å². The minimum absolute atomic E-state index is 0.191. The van der Waals surface area contributed by atoms with Crippen molar-refractivity contribution in [1.29, 1.82) is 0 Å². The first-order valence-corrected chi connectivity index (χ1v) is 8.15. The lowest BCUT2D eigenvalue weighted by molar-refractivity contribution is -0.0892. The third kappa shape index (κ3) is 2.63.